The number of carbonyl (C=O) groups excluding carboxylic acids is 1. The van der Waals surface area contributed by atoms with Crippen molar-refractivity contribution in [3.8, 4) is 0 Å². The number of piperidine rings is 1. The number of ether oxygens (including phenoxy) is 7. The Morgan fingerprint density at radius 3 is 2.08 bits per heavy atom. The summed E-state index contributed by atoms with van der Waals surface area (Å²) in [6, 6.07) is 27.6. The van der Waals surface area contributed by atoms with Crippen molar-refractivity contribution >= 4 is 17.4 Å². The number of methoxy groups -OCH3 is 2. The highest BCUT2D eigenvalue weighted by Crippen LogP contribution is 2.50. The molecule has 0 bridgehead atoms. The van der Waals surface area contributed by atoms with E-state index in [1.807, 2.05) is 70.2 Å². The molecule has 20 nitrogen and oxygen atoms in total. The lowest BCUT2D eigenvalue weighted by molar-refractivity contribution is -0.318. The Kier molecular flexibility index (Phi) is 22.7. The molecule has 5 heterocycles. The van der Waals surface area contributed by atoms with Gasteiger partial charge < -0.3 is 78.8 Å². The molecule has 0 aromatic heterocycles. The summed E-state index contributed by atoms with van der Waals surface area (Å²) in [5, 5.41) is 62.0. The van der Waals surface area contributed by atoms with Gasteiger partial charge in [-0.05, 0) is 105 Å². The predicted octanol–water partition coefficient (Wildman–Crippen LogP) is 6.53. The van der Waals surface area contributed by atoms with Gasteiger partial charge in [0.1, 0.15) is 48.8 Å². The van der Waals surface area contributed by atoms with Crippen molar-refractivity contribution in [3.63, 3.8) is 0 Å². The minimum absolute atomic E-state index is 0.0858. The van der Waals surface area contributed by atoms with Gasteiger partial charge in [0.05, 0.1) is 53.3 Å². The van der Waals surface area contributed by atoms with Crippen molar-refractivity contribution in [2.45, 2.75) is 210 Å². The molecular formula is C69H104FN7O13. The van der Waals surface area contributed by atoms with E-state index in [0.717, 1.165) is 46.9 Å². The Morgan fingerprint density at radius 2 is 1.49 bits per heavy atom. The van der Waals surface area contributed by atoms with Crippen LogP contribution in [0.5, 0.6) is 0 Å². The second kappa shape index (κ2) is 29.3. The number of carbonyl (C=O) groups is 1. The number of aliphatic imine (C=N–C) groups is 1. The van der Waals surface area contributed by atoms with Crippen LogP contribution in [0.25, 0.3) is 0 Å². The molecule has 500 valence electrons. The summed E-state index contributed by atoms with van der Waals surface area (Å²) in [4.78, 5) is 26.4. The van der Waals surface area contributed by atoms with Crippen molar-refractivity contribution in [3.05, 3.63) is 114 Å². The number of alkyl halides is 1. The number of hydrogen-bond donors (Lipinski definition) is 7. The summed E-state index contributed by atoms with van der Waals surface area (Å²) < 4.78 is 60.0. The lowest BCUT2D eigenvalue weighted by atomic mass is 9.77. The zero-order valence-corrected chi connectivity index (χ0v) is 55.4. The quantitative estimate of drug-likeness (QED) is 0.0500. The molecule has 4 saturated heterocycles. The molecule has 0 spiro atoms. The van der Waals surface area contributed by atoms with E-state index in [2.05, 4.69) is 81.4 Å². The summed E-state index contributed by atoms with van der Waals surface area (Å²) in [7, 11) is 6.87. The molecule has 21 heteroatoms. The Labute approximate surface area is 533 Å². The number of hydrazine groups is 2. The SMILES string of the molecule is CC[C@H]1OC(=O)[C@H](C)[C@@H](O[C@H]2C[C@@](C)(OC)[C@@H](O)[C@H](C)O2)[C@H](C)[C@@H](O[C@@H]2O[C@H](C)C[C@H](N(C)CCC3=CN([C@H](CF)[C@H](OC)c4ccc(N5C[C@@H]6[C@H](C5)[C@H]6N=C(c5ccccc5)c5ccccc5)cc4)NN3)[C@H]2O)[C@](C)(O)C[C@@H](C)CN(C)[C@H](C)[C@@H](O)[C@]1(C)O. The average Bonchev–Trinajstić information content (AvgIpc) is 1.56. The summed E-state index contributed by atoms with van der Waals surface area (Å²) in [5.74, 6) is -1.92. The highest BCUT2D eigenvalue weighted by atomic mass is 19.1. The molecule has 90 heavy (non-hydrogen) atoms. The van der Waals surface area contributed by atoms with Gasteiger partial charge in [-0.15, -0.1) is 5.53 Å². The molecule has 0 unspecified atom stereocenters. The van der Waals surface area contributed by atoms with E-state index < -0.39 is 127 Å². The highest BCUT2D eigenvalue weighted by molar-refractivity contribution is 6.13. The van der Waals surface area contributed by atoms with Crippen LogP contribution in [0.2, 0.25) is 0 Å². The third-order valence-corrected chi connectivity index (χ3v) is 20.7. The molecule has 1 aliphatic carbocycles. The molecule has 6 aliphatic rings. The van der Waals surface area contributed by atoms with E-state index in [-0.39, 0.29) is 31.2 Å². The van der Waals surface area contributed by atoms with E-state index in [1.165, 1.54) is 14.0 Å². The molecule has 0 radical (unpaired) electrons. The number of benzene rings is 3. The van der Waals surface area contributed by atoms with Gasteiger partial charge in [-0.1, -0.05) is 93.6 Å². The second-order valence-corrected chi connectivity index (χ2v) is 27.6. The van der Waals surface area contributed by atoms with Gasteiger partial charge >= 0.3 is 5.97 Å². The van der Waals surface area contributed by atoms with Gasteiger partial charge in [-0.3, -0.25) is 14.8 Å². The number of rotatable bonds is 19. The van der Waals surface area contributed by atoms with Crippen LogP contribution in [0.4, 0.5) is 10.1 Å². The van der Waals surface area contributed by atoms with Crippen LogP contribution in [-0.4, -0.2) is 216 Å². The van der Waals surface area contributed by atoms with E-state index in [9.17, 15) is 30.3 Å². The minimum Gasteiger partial charge on any atom is -0.459 e. The first-order valence-electron chi connectivity index (χ1n) is 32.6. The number of fused-ring (bicyclic) bond motifs is 1. The molecule has 1 saturated carbocycles. The van der Waals surface area contributed by atoms with Crippen molar-refractivity contribution in [2.24, 2.45) is 34.6 Å². The lowest BCUT2D eigenvalue weighted by Crippen LogP contribution is -2.61. The second-order valence-electron chi connectivity index (χ2n) is 27.6. The monoisotopic (exact) mass is 1260 g/mol. The van der Waals surface area contributed by atoms with Crippen molar-refractivity contribution < 1.29 is 67.9 Å². The highest BCUT2D eigenvalue weighted by Gasteiger charge is 2.57. The Balaban J connectivity index is 0.872. The zero-order valence-electron chi connectivity index (χ0n) is 55.4. The summed E-state index contributed by atoms with van der Waals surface area (Å²) in [6.07, 6.45) is -7.67. The maximum absolute atomic E-state index is 15.3. The van der Waals surface area contributed by atoms with E-state index in [0.29, 0.717) is 37.8 Å². The smallest absolute Gasteiger partial charge is 0.311 e. The van der Waals surface area contributed by atoms with E-state index in [4.69, 9.17) is 38.2 Å². The molecule has 3 aromatic rings. The van der Waals surface area contributed by atoms with Crippen molar-refractivity contribution in [1.82, 2.24) is 25.8 Å². The third kappa shape index (κ3) is 15.3. The number of cyclic esters (lactones) is 1. The number of likely N-dealkylation sites (N-methyl/N-ethyl adjacent to an activating group) is 2. The predicted molar refractivity (Wildman–Crippen MR) is 341 cm³/mol. The maximum Gasteiger partial charge on any atom is 0.311 e. The summed E-state index contributed by atoms with van der Waals surface area (Å²) in [6.45, 7) is 19.6. The first kappa shape index (κ1) is 69.6. The number of halogens is 1. The number of anilines is 1. The first-order chi connectivity index (χ1) is 42.7. The number of nitrogens with zero attached hydrogens (tertiary/aromatic N) is 5. The Hall–Kier alpha value is -4.69. The number of nitrogens with one attached hydrogen (secondary N) is 2. The molecule has 9 rings (SSSR count). The minimum atomic E-state index is -1.86. The number of hydrogen-bond acceptors (Lipinski definition) is 20. The zero-order chi connectivity index (χ0) is 65.1. The van der Waals surface area contributed by atoms with Gasteiger partial charge in [-0.25, -0.2) is 4.39 Å². The summed E-state index contributed by atoms with van der Waals surface area (Å²) >= 11 is 0. The molecular weight excluding hydrogens is 1150 g/mol. The van der Waals surface area contributed by atoms with E-state index in [1.54, 1.807) is 53.7 Å². The van der Waals surface area contributed by atoms with Crippen LogP contribution in [0.15, 0.2) is 102 Å². The average molecular weight is 1260 g/mol. The van der Waals surface area contributed by atoms with Crippen LogP contribution in [-0.2, 0) is 38.0 Å². The first-order valence-corrected chi connectivity index (χ1v) is 32.6. The Bertz CT molecular complexity index is 2810. The van der Waals surface area contributed by atoms with Gasteiger partial charge in [0.2, 0.25) is 0 Å². The van der Waals surface area contributed by atoms with Crippen molar-refractivity contribution in [2.75, 3.05) is 66.1 Å². The molecule has 3 aromatic carbocycles. The fourth-order valence-electron chi connectivity index (χ4n) is 15.0. The topological polar surface area (TPSA) is 232 Å². The number of aliphatic hydroxyl groups excluding tert-OH is 3. The Morgan fingerprint density at radius 1 is 0.856 bits per heavy atom. The largest absolute Gasteiger partial charge is 0.459 e. The summed E-state index contributed by atoms with van der Waals surface area (Å²) in [5.41, 5.74) is 7.85. The van der Waals surface area contributed by atoms with Crippen LogP contribution in [0.1, 0.15) is 124 Å². The van der Waals surface area contributed by atoms with Gasteiger partial charge in [0.15, 0.2) is 12.6 Å². The van der Waals surface area contributed by atoms with Crippen LogP contribution < -0.4 is 15.9 Å². The van der Waals surface area contributed by atoms with Crippen LogP contribution in [0, 0.1) is 29.6 Å². The van der Waals surface area contributed by atoms with Crippen LogP contribution >= 0.6 is 0 Å². The lowest BCUT2D eigenvalue weighted by Gasteiger charge is -2.49. The van der Waals surface area contributed by atoms with Gasteiger partial charge in [0, 0.05) is 112 Å². The van der Waals surface area contributed by atoms with Crippen LogP contribution in [0.3, 0.4) is 0 Å². The number of esters is 1. The normalized spacial score (nSPS) is 38.7. The standard InChI is InChI=1S/C69H104FN7O13/c1-15-55-69(10,83)62(79)44(6)75(12)36-40(2)33-67(8,82)64(42(4)60(43(5)65(81)88-55)89-56-34-68(9,85-14)63(80)45(7)87-56)90-66-59(78)53(32-41(3)86-66)74(11)31-30-49-37-77(73-72-49)54(35-70)61(84-13)48-26-28-50(29-27-48)76-38-51-52(39-76)58(51)71-57(46-22-18-16-19-23-46)47-24-20-17-21-25-47/h16-29,37,40-45,51-56,58-64,66,72-73,78-80,82-83H,15,30-36,38-39H2,1-14H3/t40-,41-,42+,43-,44-,45+,51-,52+,53+,54-,55-,56+,58+,59-,60+,61-,62-,63+,64-,66+,67-,68-,69-/m1/s1. The molecule has 7 N–H and O–H groups in total. The van der Waals surface area contributed by atoms with Gasteiger partial charge in [-0.2, -0.15) is 0 Å². The van der Waals surface area contributed by atoms with E-state index >= 15 is 4.39 Å². The van der Waals surface area contributed by atoms with Gasteiger partial charge in [0.25, 0.3) is 0 Å². The fraction of sp³-hybridized carbons (Fsp3) is 0.681. The third-order valence-electron chi connectivity index (χ3n) is 20.7. The molecule has 5 aliphatic heterocycles. The van der Waals surface area contributed by atoms with Crippen molar-refractivity contribution in [1.29, 1.82) is 0 Å². The fourth-order valence-corrected chi connectivity index (χ4v) is 15.0. The number of aliphatic hydroxyl groups is 5. The molecule has 5 fully saturated rings. The molecule has 0 amide bonds. The maximum atomic E-state index is 15.3. The molecule has 23 atom stereocenters.